The highest BCUT2D eigenvalue weighted by Crippen LogP contribution is 2.20. The average molecular weight is 449 g/mol. The second-order valence-electron chi connectivity index (χ2n) is 7.46. The minimum atomic E-state index is 0.463. The fourth-order valence-corrected chi connectivity index (χ4v) is 3.87. The largest absolute Gasteiger partial charge is 0.494 e. The van der Waals surface area contributed by atoms with E-state index in [0.29, 0.717) is 13.2 Å². The molecule has 4 rings (SSSR count). The number of benzene rings is 2. The van der Waals surface area contributed by atoms with Crippen LogP contribution in [-0.2, 0) is 20.1 Å². The molecule has 0 unspecified atom stereocenters. The number of nitrogens with zero attached hydrogens (tertiary/aromatic N) is 4. The van der Waals surface area contributed by atoms with Crippen molar-refractivity contribution in [2.75, 3.05) is 13.2 Å². The van der Waals surface area contributed by atoms with Crippen molar-refractivity contribution in [2.45, 2.75) is 26.4 Å². The van der Waals surface area contributed by atoms with Crippen molar-refractivity contribution in [1.29, 1.82) is 0 Å². The second-order valence-corrected chi connectivity index (χ2v) is 8.49. The fraction of sp³-hybridized carbons (Fsp3) is 0.292. The van der Waals surface area contributed by atoms with Crippen molar-refractivity contribution < 1.29 is 4.74 Å². The highest BCUT2D eigenvalue weighted by Gasteiger charge is 2.06. The number of ether oxygens (including phenoxy) is 1. The molecule has 32 heavy (non-hydrogen) atoms. The van der Waals surface area contributed by atoms with Crippen LogP contribution in [0.1, 0.15) is 22.9 Å². The molecule has 0 aliphatic heterocycles. The highest BCUT2D eigenvalue weighted by atomic mass is 32.1. The van der Waals surface area contributed by atoms with Gasteiger partial charge in [0.25, 0.3) is 0 Å². The van der Waals surface area contributed by atoms with E-state index in [1.165, 1.54) is 15.6 Å². The summed E-state index contributed by atoms with van der Waals surface area (Å²) in [7, 11) is 1.95. The Balaban J connectivity index is 1.28. The lowest BCUT2D eigenvalue weighted by atomic mass is 10.1. The maximum atomic E-state index is 5.94. The van der Waals surface area contributed by atoms with Gasteiger partial charge < -0.3 is 19.9 Å². The summed E-state index contributed by atoms with van der Waals surface area (Å²) in [5, 5.41) is 19.6. The molecule has 4 aromatic rings. The Hall–Kier alpha value is -3.39. The van der Waals surface area contributed by atoms with E-state index in [9.17, 15) is 0 Å². The maximum absolute atomic E-state index is 5.94. The summed E-state index contributed by atoms with van der Waals surface area (Å²) in [5.74, 6) is 3.36. The molecule has 0 radical (unpaired) electrons. The molecule has 7 nitrogen and oxygen atoms in total. The van der Waals surface area contributed by atoms with Gasteiger partial charge in [-0.15, -0.1) is 21.5 Å². The first kappa shape index (κ1) is 21.8. The number of aromatic nitrogens is 3. The van der Waals surface area contributed by atoms with Crippen LogP contribution in [0.25, 0.3) is 10.8 Å². The molecule has 2 heterocycles. The quantitative estimate of drug-likeness (QED) is 0.230. The fourth-order valence-electron chi connectivity index (χ4n) is 3.22. The number of fused-ring (bicyclic) bond motifs is 1. The average Bonchev–Trinajstić information content (AvgIpc) is 3.45. The normalized spacial score (nSPS) is 11.6. The Labute approximate surface area is 192 Å². The molecule has 2 aromatic heterocycles. The van der Waals surface area contributed by atoms with E-state index in [4.69, 9.17) is 9.73 Å². The summed E-state index contributed by atoms with van der Waals surface area (Å²) < 4.78 is 7.90. The van der Waals surface area contributed by atoms with Crippen LogP contribution in [0, 0.1) is 6.92 Å². The second kappa shape index (κ2) is 10.8. The Morgan fingerprint density at radius 1 is 1.06 bits per heavy atom. The number of aliphatic imine (C=N–C) groups is 1. The summed E-state index contributed by atoms with van der Waals surface area (Å²) in [6.45, 7) is 4.51. The number of hydrogen-bond donors (Lipinski definition) is 2. The summed E-state index contributed by atoms with van der Waals surface area (Å²) in [4.78, 5) is 5.95. The molecule has 0 spiro atoms. The van der Waals surface area contributed by atoms with Gasteiger partial charge in [0.05, 0.1) is 13.2 Å². The van der Waals surface area contributed by atoms with Crippen molar-refractivity contribution in [1.82, 2.24) is 25.4 Å². The summed E-state index contributed by atoms with van der Waals surface area (Å²) in [6.07, 6.45) is 0.857. The lowest BCUT2D eigenvalue weighted by Gasteiger charge is -2.13. The van der Waals surface area contributed by atoms with Gasteiger partial charge in [-0.05, 0) is 47.7 Å². The summed E-state index contributed by atoms with van der Waals surface area (Å²) in [6, 6.07) is 18.7. The predicted octanol–water partition coefficient (Wildman–Crippen LogP) is 4.04. The molecule has 0 saturated carbocycles. The van der Waals surface area contributed by atoms with Gasteiger partial charge in [-0.25, -0.2) is 4.99 Å². The first-order valence-corrected chi connectivity index (χ1v) is 11.6. The SMILES string of the molecule is Cc1nnc(CN=C(NCCCOc2ccc3ccccc3c2)NCc2cccs2)n1C. The van der Waals surface area contributed by atoms with Gasteiger partial charge in [-0.3, -0.25) is 0 Å². The first-order valence-electron chi connectivity index (χ1n) is 10.7. The monoisotopic (exact) mass is 448 g/mol. The third-order valence-electron chi connectivity index (χ3n) is 5.17. The van der Waals surface area contributed by atoms with Crippen LogP contribution in [0.2, 0.25) is 0 Å². The summed E-state index contributed by atoms with van der Waals surface area (Å²) >= 11 is 1.72. The molecular weight excluding hydrogens is 420 g/mol. The van der Waals surface area contributed by atoms with E-state index in [0.717, 1.165) is 42.9 Å². The van der Waals surface area contributed by atoms with E-state index in [1.54, 1.807) is 11.3 Å². The standard InChI is InChI=1S/C24H28N6OS/c1-18-28-29-23(30(18)2)17-27-24(26-16-22-9-5-14-32-22)25-12-6-13-31-21-11-10-19-7-3-4-8-20(19)15-21/h3-5,7-11,14-15H,6,12-13,16-17H2,1-2H3,(H2,25,26,27). The van der Waals surface area contributed by atoms with Gasteiger partial charge in [-0.2, -0.15) is 0 Å². The Morgan fingerprint density at radius 3 is 2.72 bits per heavy atom. The van der Waals surface area contributed by atoms with Crippen LogP contribution in [0.15, 0.2) is 65.0 Å². The maximum Gasteiger partial charge on any atom is 0.192 e. The third kappa shape index (κ3) is 5.85. The molecule has 8 heteroatoms. The van der Waals surface area contributed by atoms with Crippen LogP contribution < -0.4 is 15.4 Å². The van der Waals surface area contributed by atoms with E-state index in [-0.39, 0.29) is 0 Å². The van der Waals surface area contributed by atoms with Crippen molar-refractivity contribution >= 4 is 28.1 Å². The molecule has 0 aliphatic rings. The zero-order valence-electron chi connectivity index (χ0n) is 18.4. The molecule has 0 amide bonds. The molecule has 0 atom stereocenters. The van der Waals surface area contributed by atoms with Gasteiger partial charge in [0.1, 0.15) is 18.1 Å². The van der Waals surface area contributed by atoms with Crippen molar-refractivity contribution in [3.8, 4) is 5.75 Å². The van der Waals surface area contributed by atoms with Crippen LogP contribution in [0.3, 0.4) is 0 Å². The Morgan fingerprint density at radius 2 is 1.94 bits per heavy atom. The predicted molar refractivity (Wildman–Crippen MR) is 130 cm³/mol. The molecule has 0 saturated heterocycles. The van der Waals surface area contributed by atoms with E-state index >= 15 is 0 Å². The number of rotatable bonds is 9. The van der Waals surface area contributed by atoms with Gasteiger partial charge in [0.15, 0.2) is 11.8 Å². The highest BCUT2D eigenvalue weighted by molar-refractivity contribution is 7.09. The first-order chi connectivity index (χ1) is 15.7. The Bertz CT molecular complexity index is 1170. The topological polar surface area (TPSA) is 76.4 Å². The molecule has 0 bridgehead atoms. The number of nitrogens with one attached hydrogen (secondary N) is 2. The molecule has 2 aromatic carbocycles. The van der Waals surface area contributed by atoms with Gasteiger partial charge in [0, 0.05) is 18.5 Å². The van der Waals surface area contributed by atoms with Crippen molar-refractivity contribution in [3.63, 3.8) is 0 Å². The molecule has 2 N–H and O–H groups in total. The minimum absolute atomic E-state index is 0.463. The number of thiophene rings is 1. The lowest BCUT2D eigenvalue weighted by molar-refractivity contribution is 0.311. The van der Waals surface area contributed by atoms with Crippen LogP contribution in [-0.4, -0.2) is 33.9 Å². The van der Waals surface area contributed by atoms with E-state index in [1.807, 2.05) is 36.7 Å². The van der Waals surface area contributed by atoms with Crippen molar-refractivity contribution in [3.05, 3.63) is 76.5 Å². The Kier molecular flexibility index (Phi) is 7.34. The number of hydrogen-bond acceptors (Lipinski definition) is 5. The molecule has 166 valence electrons. The van der Waals surface area contributed by atoms with Crippen LogP contribution >= 0.6 is 11.3 Å². The summed E-state index contributed by atoms with van der Waals surface area (Å²) in [5.41, 5.74) is 0. The molecular formula is C24H28N6OS. The van der Waals surface area contributed by atoms with Gasteiger partial charge in [0.2, 0.25) is 0 Å². The van der Waals surface area contributed by atoms with Gasteiger partial charge in [-0.1, -0.05) is 36.4 Å². The van der Waals surface area contributed by atoms with E-state index < -0.39 is 0 Å². The van der Waals surface area contributed by atoms with Crippen LogP contribution in [0.4, 0.5) is 0 Å². The van der Waals surface area contributed by atoms with Gasteiger partial charge >= 0.3 is 0 Å². The molecule has 0 fully saturated rings. The molecule has 0 aliphatic carbocycles. The minimum Gasteiger partial charge on any atom is -0.494 e. The third-order valence-corrected chi connectivity index (χ3v) is 6.05. The number of aryl methyl sites for hydroxylation is 1. The zero-order valence-corrected chi connectivity index (χ0v) is 19.2. The van der Waals surface area contributed by atoms with Crippen LogP contribution in [0.5, 0.6) is 5.75 Å². The lowest BCUT2D eigenvalue weighted by Crippen LogP contribution is -2.37. The smallest absolute Gasteiger partial charge is 0.192 e. The van der Waals surface area contributed by atoms with Crippen molar-refractivity contribution in [2.24, 2.45) is 12.0 Å². The van der Waals surface area contributed by atoms with E-state index in [2.05, 4.69) is 62.6 Å². The number of guanidine groups is 1. The zero-order chi connectivity index (χ0) is 22.2.